The second-order valence-electron chi connectivity index (χ2n) is 9.07. The van der Waals surface area contributed by atoms with Gasteiger partial charge in [0.2, 0.25) is 11.8 Å². The first-order valence-electron chi connectivity index (χ1n) is 13.5. The van der Waals surface area contributed by atoms with E-state index in [4.69, 9.17) is 33.5 Å². The second kappa shape index (κ2) is 20.6. The van der Waals surface area contributed by atoms with Crippen LogP contribution >= 0.6 is 11.8 Å². The van der Waals surface area contributed by atoms with E-state index < -0.39 is 16.9 Å². The first-order chi connectivity index (χ1) is 20.7. The molecular formula is C27H39N3O12S. The monoisotopic (exact) mass is 629 g/mol. The molecule has 1 atom stereocenters. The molecule has 2 aliphatic heterocycles. The van der Waals surface area contributed by atoms with E-state index in [1.165, 1.54) is 31.0 Å². The summed E-state index contributed by atoms with van der Waals surface area (Å²) in [4.78, 5) is 58.5. The van der Waals surface area contributed by atoms with Crippen molar-refractivity contribution in [3.63, 3.8) is 0 Å². The Balaban J connectivity index is 2.15. The molecule has 1 unspecified atom stereocenters. The summed E-state index contributed by atoms with van der Waals surface area (Å²) < 4.78 is 27.1. The number of nitro benzene ring substituents is 1. The maximum Gasteiger partial charge on any atom is 0.277 e. The number of ketones is 1. The van der Waals surface area contributed by atoms with Crippen molar-refractivity contribution in [2.75, 3.05) is 72.4 Å². The Bertz CT molecular complexity index is 1090. The van der Waals surface area contributed by atoms with Gasteiger partial charge in [-0.05, 0) is 13.0 Å². The van der Waals surface area contributed by atoms with E-state index in [0.29, 0.717) is 36.7 Å². The molecule has 0 aliphatic carbocycles. The number of methoxy groups -OCH3 is 1. The number of nitrogens with one attached hydrogen (secondary N) is 2. The third-order valence-electron chi connectivity index (χ3n) is 5.73. The molecule has 16 heteroatoms. The molecule has 15 nitrogen and oxygen atoms in total. The summed E-state index contributed by atoms with van der Waals surface area (Å²) >= 11 is 1.21. The minimum atomic E-state index is -0.929. The van der Waals surface area contributed by atoms with E-state index in [-0.39, 0.29) is 87.2 Å². The van der Waals surface area contributed by atoms with Gasteiger partial charge in [-0.3, -0.25) is 24.5 Å². The Hall–Kier alpha value is -3.28. The zero-order valence-corrected chi connectivity index (χ0v) is 25.2. The summed E-state index contributed by atoms with van der Waals surface area (Å²) in [6.07, 6.45) is -0.150. The third kappa shape index (κ3) is 14.2. The number of benzene rings is 1. The summed E-state index contributed by atoms with van der Waals surface area (Å²) in [6, 6.07) is 1.87. The van der Waals surface area contributed by atoms with E-state index >= 15 is 0 Å². The SMILES string of the molecule is C=C(C)C(=O)NCCC(=O)C1CSCc2cc(OC)c(cc2[N+](=O)[O-])OCCOCCOCCOCOOCCC(=O)N1. The van der Waals surface area contributed by atoms with E-state index in [1.54, 1.807) is 6.92 Å². The number of ether oxygens (including phenoxy) is 5. The number of thioether (sulfide) groups is 1. The average Bonchev–Trinajstić information content (AvgIpc) is 2.97. The molecule has 0 saturated carbocycles. The Morgan fingerprint density at radius 3 is 2.49 bits per heavy atom. The topological polar surface area (TPSA) is 183 Å². The number of nitrogens with zero attached hydrogens (tertiary/aromatic N) is 1. The van der Waals surface area contributed by atoms with Gasteiger partial charge < -0.3 is 34.3 Å². The van der Waals surface area contributed by atoms with Crippen molar-refractivity contribution in [3.05, 3.63) is 40.0 Å². The summed E-state index contributed by atoms with van der Waals surface area (Å²) in [7, 11) is 1.42. The number of rotatable bonds is 7. The maximum atomic E-state index is 13.0. The van der Waals surface area contributed by atoms with Crippen molar-refractivity contribution >= 4 is 35.0 Å². The highest BCUT2D eigenvalue weighted by Gasteiger charge is 2.24. The number of fused-ring (bicyclic) bond motifs is 22. The number of amides is 2. The molecule has 2 amide bonds. The van der Waals surface area contributed by atoms with Crippen LogP contribution in [0.3, 0.4) is 0 Å². The molecule has 2 N–H and O–H groups in total. The van der Waals surface area contributed by atoms with Crippen LogP contribution < -0.4 is 20.1 Å². The number of carbonyl (C=O) groups is 3. The maximum absolute atomic E-state index is 13.0. The van der Waals surface area contributed by atoms with Gasteiger partial charge >= 0.3 is 0 Å². The predicted octanol–water partition coefficient (Wildman–Crippen LogP) is 1.71. The molecule has 0 spiro atoms. The molecule has 0 saturated heterocycles. The number of hydrogen-bond donors (Lipinski definition) is 2. The van der Waals surface area contributed by atoms with Gasteiger partial charge in [0.05, 0.1) is 70.2 Å². The third-order valence-corrected chi connectivity index (χ3v) is 6.81. The highest BCUT2D eigenvalue weighted by Crippen LogP contribution is 2.36. The molecule has 0 radical (unpaired) electrons. The van der Waals surface area contributed by atoms with E-state index in [2.05, 4.69) is 17.2 Å². The molecule has 2 aliphatic rings. The quantitative estimate of drug-likeness (QED) is 0.146. The zero-order chi connectivity index (χ0) is 31.5. The lowest BCUT2D eigenvalue weighted by atomic mass is 10.1. The fourth-order valence-corrected chi connectivity index (χ4v) is 4.59. The number of nitro groups is 1. The average molecular weight is 630 g/mol. The molecule has 3 rings (SSSR count). The fraction of sp³-hybridized carbons (Fsp3) is 0.593. The van der Waals surface area contributed by atoms with Crippen LogP contribution in [0.2, 0.25) is 0 Å². The fourth-order valence-electron chi connectivity index (χ4n) is 3.51. The van der Waals surface area contributed by atoms with Crippen molar-refractivity contribution < 1.29 is 52.8 Å². The van der Waals surface area contributed by atoms with Crippen molar-refractivity contribution in [1.29, 1.82) is 0 Å². The molecule has 0 aromatic heterocycles. The number of Topliss-reactive ketones (excluding diaryl/α,β-unsaturated/α-hetero) is 1. The summed E-state index contributed by atoms with van der Waals surface area (Å²) in [5.74, 6) is -0.444. The highest BCUT2D eigenvalue weighted by atomic mass is 32.2. The second-order valence-corrected chi connectivity index (χ2v) is 10.1. The number of hydrogen-bond acceptors (Lipinski definition) is 13. The van der Waals surface area contributed by atoms with E-state index in [0.717, 1.165) is 0 Å². The van der Waals surface area contributed by atoms with Crippen molar-refractivity contribution in [3.8, 4) is 11.5 Å². The zero-order valence-electron chi connectivity index (χ0n) is 24.4. The van der Waals surface area contributed by atoms with Crippen LogP contribution in [0.25, 0.3) is 0 Å². The Morgan fingerprint density at radius 2 is 1.81 bits per heavy atom. The van der Waals surface area contributed by atoms with Crippen LogP contribution in [0.5, 0.6) is 11.5 Å². The van der Waals surface area contributed by atoms with Gasteiger partial charge in [-0.15, -0.1) is 0 Å². The minimum Gasteiger partial charge on any atom is -0.493 e. The molecule has 43 heavy (non-hydrogen) atoms. The molecule has 2 bridgehead atoms. The van der Waals surface area contributed by atoms with Gasteiger partial charge in [-0.1, -0.05) is 6.58 Å². The van der Waals surface area contributed by atoms with Crippen LogP contribution in [-0.4, -0.2) is 101 Å². The summed E-state index contributed by atoms with van der Waals surface area (Å²) in [6.45, 7) is 6.41. The van der Waals surface area contributed by atoms with Gasteiger partial charge in [0.25, 0.3) is 5.69 Å². The molecular weight excluding hydrogens is 590 g/mol. The van der Waals surface area contributed by atoms with E-state index in [1.807, 2.05) is 0 Å². The Kier molecular flexibility index (Phi) is 17.2. The summed E-state index contributed by atoms with van der Waals surface area (Å²) in [5.41, 5.74) is 0.461. The first-order valence-corrected chi connectivity index (χ1v) is 14.7. The molecule has 2 heterocycles. The van der Waals surface area contributed by atoms with Gasteiger partial charge in [0.15, 0.2) is 24.1 Å². The van der Waals surface area contributed by atoms with Crippen LogP contribution in [0.4, 0.5) is 5.69 Å². The number of carbonyl (C=O) groups excluding carboxylic acids is 3. The van der Waals surface area contributed by atoms with Crippen molar-refractivity contribution in [1.82, 2.24) is 10.6 Å². The minimum absolute atomic E-state index is 0.0467. The van der Waals surface area contributed by atoms with Crippen molar-refractivity contribution in [2.45, 2.75) is 31.6 Å². The standard InChI is InChI=1S/C27H39N3O12S/c1-19(2)27(33)28-6-4-23(31)21-17-43-16-20-14-24(36-3)25(15-22(20)30(34)35)40-13-12-38-9-8-37-10-11-39-18-42-41-7-5-26(32)29-21/h14-15,21H,1,4-13,16-18H2,2-3H3,(H,28,33)(H,29,32). The lowest BCUT2D eigenvalue weighted by molar-refractivity contribution is -0.385. The highest BCUT2D eigenvalue weighted by molar-refractivity contribution is 7.98. The largest absolute Gasteiger partial charge is 0.493 e. The van der Waals surface area contributed by atoms with Gasteiger partial charge in [-0.25, -0.2) is 9.78 Å². The van der Waals surface area contributed by atoms with Crippen molar-refractivity contribution in [2.24, 2.45) is 0 Å². The predicted molar refractivity (Wildman–Crippen MR) is 155 cm³/mol. The first kappa shape index (κ1) is 35.9. The van der Waals surface area contributed by atoms with Gasteiger partial charge in [-0.2, -0.15) is 11.8 Å². The molecule has 1 aromatic rings. The lowest BCUT2D eigenvalue weighted by Gasteiger charge is -2.18. The Labute approximate surface area is 253 Å². The summed E-state index contributed by atoms with van der Waals surface area (Å²) in [5, 5.41) is 17.1. The Morgan fingerprint density at radius 1 is 1.12 bits per heavy atom. The smallest absolute Gasteiger partial charge is 0.277 e. The lowest BCUT2D eigenvalue weighted by Crippen LogP contribution is -2.44. The van der Waals surface area contributed by atoms with Gasteiger partial charge in [0.1, 0.15) is 6.61 Å². The van der Waals surface area contributed by atoms with Crippen LogP contribution in [0, 0.1) is 10.1 Å². The molecule has 0 fully saturated rings. The van der Waals surface area contributed by atoms with Crippen LogP contribution in [-0.2, 0) is 44.1 Å². The normalized spacial score (nSPS) is 18.7. The van der Waals surface area contributed by atoms with Crippen LogP contribution in [0.1, 0.15) is 25.3 Å². The van der Waals surface area contributed by atoms with Crippen LogP contribution in [0.15, 0.2) is 24.3 Å². The van der Waals surface area contributed by atoms with Gasteiger partial charge in [0, 0.05) is 35.6 Å². The molecule has 240 valence electrons. The molecule has 1 aromatic carbocycles. The van der Waals surface area contributed by atoms with E-state index in [9.17, 15) is 24.5 Å².